The van der Waals surface area contributed by atoms with E-state index in [1.807, 2.05) is 30.3 Å². The second-order valence-corrected chi connectivity index (χ2v) is 9.28. The van der Waals surface area contributed by atoms with Gasteiger partial charge in [-0.1, -0.05) is 30.3 Å². The average Bonchev–Trinajstić information content (AvgIpc) is 3.22. The summed E-state index contributed by atoms with van der Waals surface area (Å²) in [6.45, 7) is 3.44. The first-order valence-corrected chi connectivity index (χ1v) is 12.7. The lowest BCUT2D eigenvalue weighted by molar-refractivity contribution is -0.140. The summed E-state index contributed by atoms with van der Waals surface area (Å²) >= 11 is 0. The zero-order valence-corrected chi connectivity index (χ0v) is 21.5. The minimum Gasteiger partial charge on any atom is -0.507 e. The number of benzene rings is 3. The van der Waals surface area contributed by atoms with Crippen LogP contribution < -0.4 is 9.47 Å². The van der Waals surface area contributed by atoms with Crippen LogP contribution in [-0.2, 0) is 14.3 Å². The molecule has 39 heavy (non-hydrogen) atoms. The standard InChI is InChI=1S/C30H29FN2O6/c1-37-25-11-10-21(19-24(25)31)28(34)26-27(20-6-5-9-23(18-20)39-22-7-3-2-4-8-22)33(30(36)29(26)35)13-12-32-14-16-38-17-15-32/h2-11,18-19,27,34H,12-17H2,1H3/t27-/m0/s1. The first-order valence-electron chi connectivity index (χ1n) is 12.7. The molecule has 1 atom stereocenters. The molecular formula is C30H29FN2O6. The van der Waals surface area contributed by atoms with Gasteiger partial charge in [0.15, 0.2) is 11.6 Å². The minimum atomic E-state index is -0.893. The Morgan fingerprint density at radius 2 is 1.72 bits per heavy atom. The second-order valence-electron chi connectivity index (χ2n) is 9.28. The molecule has 8 nitrogen and oxygen atoms in total. The number of morpholine rings is 1. The van der Waals surface area contributed by atoms with Crippen molar-refractivity contribution >= 4 is 17.4 Å². The number of hydrogen-bond acceptors (Lipinski definition) is 7. The summed E-state index contributed by atoms with van der Waals surface area (Å²) in [7, 11) is 1.34. The molecule has 1 N–H and O–H groups in total. The number of amides is 1. The van der Waals surface area contributed by atoms with Crippen LogP contribution in [0.4, 0.5) is 4.39 Å². The molecule has 1 amide bonds. The van der Waals surface area contributed by atoms with Gasteiger partial charge in [0.25, 0.3) is 11.7 Å². The summed E-state index contributed by atoms with van der Waals surface area (Å²) in [4.78, 5) is 30.3. The molecule has 9 heteroatoms. The highest BCUT2D eigenvalue weighted by atomic mass is 19.1. The van der Waals surface area contributed by atoms with Crippen LogP contribution in [0.25, 0.3) is 5.76 Å². The SMILES string of the molecule is COc1ccc(C(O)=C2C(=O)C(=O)N(CCN3CCOCC3)[C@H]2c2cccc(Oc3ccccc3)c2)cc1F. The number of rotatable bonds is 8. The predicted octanol–water partition coefficient (Wildman–Crippen LogP) is 4.38. The molecule has 0 saturated carbocycles. The van der Waals surface area contributed by atoms with Crippen LogP contribution in [0.2, 0.25) is 0 Å². The first kappa shape index (κ1) is 26.4. The third-order valence-electron chi connectivity index (χ3n) is 6.88. The highest BCUT2D eigenvalue weighted by Gasteiger charge is 2.46. The molecule has 2 saturated heterocycles. The van der Waals surface area contributed by atoms with Gasteiger partial charge in [-0.05, 0) is 48.0 Å². The van der Waals surface area contributed by atoms with E-state index >= 15 is 0 Å². The van der Waals surface area contributed by atoms with Gasteiger partial charge in [0.1, 0.15) is 17.3 Å². The van der Waals surface area contributed by atoms with Crippen molar-refractivity contribution in [2.75, 3.05) is 46.5 Å². The highest BCUT2D eigenvalue weighted by molar-refractivity contribution is 6.46. The third kappa shape index (κ3) is 5.64. The van der Waals surface area contributed by atoms with Crippen LogP contribution in [0.1, 0.15) is 17.2 Å². The molecule has 2 heterocycles. The summed E-state index contributed by atoms with van der Waals surface area (Å²) < 4.78 is 30.9. The molecule has 2 aliphatic heterocycles. The maximum absolute atomic E-state index is 14.5. The zero-order valence-electron chi connectivity index (χ0n) is 21.5. The Bertz CT molecular complexity index is 1390. The number of likely N-dealkylation sites (tertiary alicyclic amines) is 1. The van der Waals surface area contributed by atoms with Crippen LogP contribution in [0.5, 0.6) is 17.2 Å². The average molecular weight is 533 g/mol. The molecule has 5 rings (SSSR count). The predicted molar refractivity (Wildman–Crippen MR) is 142 cm³/mol. The Kier molecular flexibility index (Phi) is 7.90. The number of hydrogen-bond donors (Lipinski definition) is 1. The van der Waals surface area contributed by atoms with E-state index in [9.17, 15) is 19.1 Å². The highest BCUT2D eigenvalue weighted by Crippen LogP contribution is 2.41. The lowest BCUT2D eigenvalue weighted by Crippen LogP contribution is -2.42. The zero-order chi connectivity index (χ0) is 27.4. The fraction of sp³-hybridized carbons (Fsp3) is 0.267. The maximum atomic E-state index is 14.5. The molecule has 2 aliphatic rings. The molecule has 0 aliphatic carbocycles. The maximum Gasteiger partial charge on any atom is 0.295 e. The number of nitrogens with zero attached hydrogens (tertiary/aromatic N) is 2. The molecule has 3 aromatic rings. The van der Waals surface area contributed by atoms with Gasteiger partial charge in [-0.2, -0.15) is 0 Å². The van der Waals surface area contributed by atoms with E-state index < -0.39 is 29.3 Å². The summed E-state index contributed by atoms with van der Waals surface area (Å²) in [6.07, 6.45) is 0. The molecule has 0 unspecified atom stereocenters. The molecule has 3 aromatic carbocycles. The smallest absolute Gasteiger partial charge is 0.295 e. The van der Waals surface area contributed by atoms with Gasteiger partial charge in [-0.25, -0.2) is 4.39 Å². The lowest BCUT2D eigenvalue weighted by atomic mass is 9.95. The van der Waals surface area contributed by atoms with Crippen molar-refractivity contribution in [3.05, 3.63) is 95.3 Å². The van der Waals surface area contributed by atoms with E-state index in [-0.39, 0.29) is 23.4 Å². The number of methoxy groups -OCH3 is 1. The fourth-order valence-corrected chi connectivity index (χ4v) is 4.87. The monoisotopic (exact) mass is 532 g/mol. The normalized spacial score (nSPS) is 19.3. The number of carbonyl (C=O) groups excluding carboxylic acids is 2. The topological polar surface area (TPSA) is 88.5 Å². The van der Waals surface area contributed by atoms with Crippen LogP contribution in [-0.4, -0.2) is 73.1 Å². The van der Waals surface area contributed by atoms with Crippen molar-refractivity contribution in [1.82, 2.24) is 9.80 Å². The fourth-order valence-electron chi connectivity index (χ4n) is 4.87. The largest absolute Gasteiger partial charge is 0.507 e. The van der Waals surface area contributed by atoms with Gasteiger partial charge < -0.3 is 24.2 Å². The number of Topliss-reactive ketones (excluding diaryl/α,β-unsaturated/α-hetero) is 1. The van der Waals surface area contributed by atoms with Crippen molar-refractivity contribution in [3.8, 4) is 17.2 Å². The molecule has 0 aromatic heterocycles. The van der Waals surface area contributed by atoms with Crippen molar-refractivity contribution in [2.24, 2.45) is 0 Å². The van der Waals surface area contributed by atoms with E-state index in [1.165, 1.54) is 24.1 Å². The van der Waals surface area contributed by atoms with Crippen LogP contribution in [0, 0.1) is 5.82 Å². The molecule has 0 bridgehead atoms. The van der Waals surface area contributed by atoms with E-state index in [0.717, 1.165) is 19.2 Å². The third-order valence-corrected chi connectivity index (χ3v) is 6.88. The Morgan fingerprint density at radius 1 is 0.974 bits per heavy atom. The Labute approximate surface area is 225 Å². The van der Waals surface area contributed by atoms with Crippen LogP contribution in [0.3, 0.4) is 0 Å². The van der Waals surface area contributed by atoms with Gasteiger partial charge in [0.05, 0.1) is 31.9 Å². The number of ketones is 1. The van der Waals surface area contributed by atoms with Crippen molar-refractivity contribution < 1.29 is 33.3 Å². The van der Waals surface area contributed by atoms with Crippen molar-refractivity contribution in [2.45, 2.75) is 6.04 Å². The molecule has 2 fully saturated rings. The molecule has 0 radical (unpaired) electrons. The van der Waals surface area contributed by atoms with Gasteiger partial charge >= 0.3 is 0 Å². The molecule has 202 valence electrons. The van der Waals surface area contributed by atoms with E-state index in [4.69, 9.17) is 14.2 Å². The van der Waals surface area contributed by atoms with Crippen molar-refractivity contribution in [1.29, 1.82) is 0 Å². The number of halogens is 1. The van der Waals surface area contributed by atoms with Gasteiger partial charge in [0, 0.05) is 31.7 Å². The number of para-hydroxylation sites is 1. The molecule has 0 spiro atoms. The Balaban J connectivity index is 1.55. The second kappa shape index (κ2) is 11.7. The van der Waals surface area contributed by atoms with Gasteiger partial charge in [-0.3, -0.25) is 14.5 Å². The summed E-state index contributed by atoms with van der Waals surface area (Å²) in [6, 6.07) is 19.3. The summed E-state index contributed by atoms with van der Waals surface area (Å²) in [5.74, 6) is -1.57. The Hall–Kier alpha value is -4.21. The first-order chi connectivity index (χ1) is 19.0. The van der Waals surface area contributed by atoms with Gasteiger partial charge in [-0.15, -0.1) is 0 Å². The van der Waals surface area contributed by atoms with E-state index in [0.29, 0.717) is 36.8 Å². The quantitative estimate of drug-likeness (QED) is 0.262. The molecular weight excluding hydrogens is 503 g/mol. The van der Waals surface area contributed by atoms with E-state index in [2.05, 4.69) is 4.90 Å². The number of carbonyl (C=O) groups is 2. The lowest BCUT2D eigenvalue weighted by Gasteiger charge is -2.31. The summed E-state index contributed by atoms with van der Waals surface area (Å²) in [5, 5.41) is 11.3. The van der Waals surface area contributed by atoms with Gasteiger partial charge in [0.2, 0.25) is 0 Å². The summed E-state index contributed by atoms with van der Waals surface area (Å²) in [5.41, 5.74) is 0.546. The van der Waals surface area contributed by atoms with Crippen molar-refractivity contribution in [3.63, 3.8) is 0 Å². The minimum absolute atomic E-state index is 0.000163. The van der Waals surface area contributed by atoms with E-state index in [1.54, 1.807) is 24.3 Å². The Morgan fingerprint density at radius 3 is 2.44 bits per heavy atom. The number of aliphatic hydroxyl groups is 1. The van der Waals surface area contributed by atoms with Crippen LogP contribution >= 0.6 is 0 Å². The van der Waals surface area contributed by atoms with Crippen LogP contribution in [0.15, 0.2) is 78.4 Å². The number of aliphatic hydroxyl groups excluding tert-OH is 1. The number of ether oxygens (including phenoxy) is 3.